The molecule has 39 heavy (non-hydrogen) atoms. The highest BCUT2D eigenvalue weighted by atomic mass is 15.0. The van der Waals surface area contributed by atoms with Crippen molar-refractivity contribution in [2.75, 3.05) is 0 Å². The van der Waals surface area contributed by atoms with E-state index in [1.807, 2.05) is 0 Å². The molecule has 0 fully saturated rings. The van der Waals surface area contributed by atoms with E-state index in [2.05, 4.69) is 157 Å². The maximum absolute atomic E-state index is 5.56. The lowest BCUT2D eigenvalue weighted by Crippen LogP contribution is -2.31. The highest BCUT2D eigenvalue weighted by Crippen LogP contribution is 2.37. The van der Waals surface area contributed by atoms with Crippen molar-refractivity contribution in [3.8, 4) is 0 Å². The second-order valence-electron chi connectivity index (χ2n) is 10.0. The van der Waals surface area contributed by atoms with Gasteiger partial charge in [-0.15, -0.1) is 0 Å². The first-order valence-electron chi connectivity index (χ1n) is 13.5. The van der Waals surface area contributed by atoms with Crippen LogP contribution in [-0.4, -0.2) is 5.84 Å². The number of aliphatic imine (C=N–C) groups is 1. The molecule has 0 amide bonds. The summed E-state index contributed by atoms with van der Waals surface area (Å²) in [6, 6.07) is 44.8. The molecule has 7 rings (SSSR count). The fourth-order valence-electron chi connectivity index (χ4n) is 5.72. The van der Waals surface area contributed by atoms with Gasteiger partial charge in [0.15, 0.2) is 0 Å². The molecule has 0 heterocycles. The zero-order valence-electron chi connectivity index (χ0n) is 21.5. The molecule has 2 aliphatic carbocycles. The predicted molar refractivity (Wildman–Crippen MR) is 163 cm³/mol. The smallest absolute Gasteiger partial charge is 0.130 e. The molecule has 2 aliphatic rings. The van der Waals surface area contributed by atoms with Gasteiger partial charge in [-0.05, 0) is 44.5 Å². The average Bonchev–Trinajstić information content (AvgIpc) is 3.26. The van der Waals surface area contributed by atoms with E-state index >= 15 is 0 Å². The fourth-order valence-corrected chi connectivity index (χ4v) is 5.72. The Morgan fingerprint density at radius 3 is 1.31 bits per heavy atom. The van der Waals surface area contributed by atoms with Crippen LogP contribution < -0.4 is 5.32 Å². The summed E-state index contributed by atoms with van der Waals surface area (Å²) in [5.41, 5.74) is 10.8. The van der Waals surface area contributed by atoms with E-state index < -0.39 is 0 Å². The molecule has 1 N–H and O–H groups in total. The number of rotatable bonds is 3. The first-order chi connectivity index (χ1) is 19.3. The number of benzene rings is 5. The Bertz CT molecular complexity index is 1640. The first-order valence-corrected chi connectivity index (χ1v) is 13.5. The Kier molecular flexibility index (Phi) is 5.99. The highest BCUT2D eigenvalue weighted by molar-refractivity contribution is 6.00. The standard InChI is InChI=1S/C37H28N2/c1-2-16-30(17-3-1)37(38-35-31-18-8-4-12-26(31)22-23-27-13-5-9-19-32(27)35)39-36-33-20-10-6-14-28(33)24-25-29-15-7-11-21-34(29)36/h1-25,35-36H,(H,38,39). The quantitative estimate of drug-likeness (QED) is 0.195. The lowest BCUT2D eigenvalue weighted by molar-refractivity contribution is 0.746. The molecule has 0 saturated carbocycles. The van der Waals surface area contributed by atoms with Crippen molar-refractivity contribution >= 4 is 30.1 Å². The minimum Gasteiger partial charge on any atom is -0.359 e. The zero-order chi connectivity index (χ0) is 26.0. The van der Waals surface area contributed by atoms with Gasteiger partial charge < -0.3 is 5.32 Å². The minimum absolute atomic E-state index is 0.0549. The third-order valence-corrected chi connectivity index (χ3v) is 7.67. The summed E-state index contributed by atoms with van der Waals surface area (Å²) in [6.07, 6.45) is 8.86. The van der Waals surface area contributed by atoms with Crippen molar-refractivity contribution in [1.29, 1.82) is 0 Å². The van der Waals surface area contributed by atoms with Gasteiger partial charge in [0.25, 0.3) is 0 Å². The van der Waals surface area contributed by atoms with Crippen LogP contribution >= 0.6 is 0 Å². The summed E-state index contributed by atoms with van der Waals surface area (Å²) in [6.45, 7) is 0. The van der Waals surface area contributed by atoms with Gasteiger partial charge in [0.2, 0.25) is 0 Å². The molecule has 5 aromatic rings. The summed E-state index contributed by atoms with van der Waals surface area (Å²) in [5, 5.41) is 3.94. The van der Waals surface area contributed by atoms with E-state index in [1.54, 1.807) is 0 Å². The SMILES string of the molecule is C1=Cc2ccccc2C(N=C(NC2c3ccccc3C=Cc3ccccc32)c2ccccc2)c2ccccc21. The Labute approximate surface area is 229 Å². The molecule has 0 bridgehead atoms. The van der Waals surface area contributed by atoms with Gasteiger partial charge in [0, 0.05) is 5.56 Å². The van der Waals surface area contributed by atoms with Crippen LogP contribution in [0, 0.1) is 0 Å². The van der Waals surface area contributed by atoms with Gasteiger partial charge in [0.1, 0.15) is 11.9 Å². The summed E-state index contributed by atoms with van der Waals surface area (Å²) in [5.74, 6) is 0.878. The zero-order valence-corrected chi connectivity index (χ0v) is 21.5. The van der Waals surface area contributed by atoms with E-state index in [0.29, 0.717) is 0 Å². The molecule has 186 valence electrons. The monoisotopic (exact) mass is 500 g/mol. The van der Waals surface area contributed by atoms with Crippen LogP contribution in [0.5, 0.6) is 0 Å². The molecular formula is C37H28N2. The number of hydrogen-bond acceptors (Lipinski definition) is 1. The number of nitrogens with one attached hydrogen (secondary N) is 1. The van der Waals surface area contributed by atoms with E-state index in [0.717, 1.165) is 11.4 Å². The van der Waals surface area contributed by atoms with Crippen molar-refractivity contribution in [3.63, 3.8) is 0 Å². The van der Waals surface area contributed by atoms with Gasteiger partial charge >= 0.3 is 0 Å². The number of nitrogens with zero attached hydrogens (tertiary/aromatic N) is 1. The number of hydrogen-bond donors (Lipinski definition) is 1. The van der Waals surface area contributed by atoms with Crippen LogP contribution in [0.4, 0.5) is 0 Å². The van der Waals surface area contributed by atoms with Crippen molar-refractivity contribution in [2.24, 2.45) is 4.99 Å². The van der Waals surface area contributed by atoms with Crippen LogP contribution in [-0.2, 0) is 0 Å². The molecule has 0 saturated heterocycles. The molecule has 5 aromatic carbocycles. The van der Waals surface area contributed by atoms with Crippen molar-refractivity contribution < 1.29 is 0 Å². The summed E-state index contributed by atoms with van der Waals surface area (Å²) >= 11 is 0. The van der Waals surface area contributed by atoms with E-state index in [1.165, 1.54) is 44.5 Å². The molecule has 0 radical (unpaired) electrons. The van der Waals surface area contributed by atoms with Crippen LogP contribution in [0.3, 0.4) is 0 Å². The van der Waals surface area contributed by atoms with Gasteiger partial charge in [-0.25, -0.2) is 0 Å². The lowest BCUT2D eigenvalue weighted by atomic mass is 9.93. The third-order valence-electron chi connectivity index (χ3n) is 7.67. The highest BCUT2D eigenvalue weighted by Gasteiger charge is 2.25. The maximum atomic E-state index is 5.56. The lowest BCUT2D eigenvalue weighted by Gasteiger charge is -2.26. The molecule has 0 aliphatic heterocycles. The van der Waals surface area contributed by atoms with Crippen molar-refractivity contribution in [1.82, 2.24) is 5.32 Å². The average molecular weight is 501 g/mol. The number of fused-ring (bicyclic) bond motifs is 4. The van der Waals surface area contributed by atoms with Gasteiger partial charge in [-0.3, -0.25) is 4.99 Å². The van der Waals surface area contributed by atoms with Gasteiger partial charge in [-0.2, -0.15) is 0 Å². The van der Waals surface area contributed by atoms with Gasteiger partial charge in [-0.1, -0.05) is 152 Å². The minimum atomic E-state index is -0.149. The van der Waals surface area contributed by atoms with E-state index in [-0.39, 0.29) is 12.1 Å². The maximum Gasteiger partial charge on any atom is 0.130 e. The number of amidine groups is 1. The first kappa shape index (κ1) is 23.2. The van der Waals surface area contributed by atoms with Crippen LogP contribution in [0.1, 0.15) is 62.2 Å². The van der Waals surface area contributed by atoms with Crippen LogP contribution in [0.25, 0.3) is 24.3 Å². The molecule has 0 unspecified atom stereocenters. The summed E-state index contributed by atoms with van der Waals surface area (Å²) < 4.78 is 0. The summed E-state index contributed by atoms with van der Waals surface area (Å²) in [4.78, 5) is 5.56. The van der Waals surface area contributed by atoms with Crippen LogP contribution in [0.2, 0.25) is 0 Å². The molecular weight excluding hydrogens is 472 g/mol. The van der Waals surface area contributed by atoms with Crippen molar-refractivity contribution in [3.05, 3.63) is 177 Å². The van der Waals surface area contributed by atoms with E-state index in [4.69, 9.17) is 4.99 Å². The predicted octanol–water partition coefficient (Wildman–Crippen LogP) is 8.57. The molecule has 0 atom stereocenters. The topological polar surface area (TPSA) is 24.4 Å². The second-order valence-corrected chi connectivity index (χ2v) is 10.0. The summed E-state index contributed by atoms with van der Waals surface area (Å²) in [7, 11) is 0. The molecule has 2 heteroatoms. The normalized spacial score (nSPS) is 14.4. The second kappa shape index (κ2) is 10.1. The Balaban J connectivity index is 1.43. The molecule has 0 aromatic heterocycles. The Morgan fingerprint density at radius 1 is 0.436 bits per heavy atom. The molecule has 0 spiro atoms. The fraction of sp³-hybridized carbons (Fsp3) is 0.0541. The Hall–Kier alpha value is -4.95. The van der Waals surface area contributed by atoms with E-state index in [9.17, 15) is 0 Å². The largest absolute Gasteiger partial charge is 0.359 e. The Morgan fingerprint density at radius 2 is 0.821 bits per heavy atom. The van der Waals surface area contributed by atoms with Crippen LogP contribution in [0.15, 0.2) is 132 Å². The molecule has 2 nitrogen and oxygen atoms in total. The third kappa shape index (κ3) is 4.41. The van der Waals surface area contributed by atoms with Gasteiger partial charge in [0.05, 0.1) is 6.04 Å². The van der Waals surface area contributed by atoms with Crippen molar-refractivity contribution in [2.45, 2.75) is 12.1 Å².